The van der Waals surface area contributed by atoms with E-state index in [4.69, 9.17) is 23.2 Å². The molecule has 1 atom stereocenters. The van der Waals surface area contributed by atoms with E-state index in [0.717, 1.165) is 17.5 Å². The maximum absolute atomic E-state index is 13.4. The molecule has 0 spiro atoms. The summed E-state index contributed by atoms with van der Waals surface area (Å²) in [5.74, 6) is -0.239. The first-order chi connectivity index (χ1) is 15.0. The second-order valence-corrected chi connectivity index (χ2v) is 9.93. The number of nitrogens with one attached hydrogen (secondary N) is 1. The van der Waals surface area contributed by atoms with Crippen LogP contribution in [0.4, 0.5) is 0 Å². The molecule has 0 aliphatic heterocycles. The lowest BCUT2D eigenvalue weighted by Crippen LogP contribution is -2.53. The van der Waals surface area contributed by atoms with Crippen molar-refractivity contribution in [2.24, 2.45) is 0 Å². The molecule has 2 aromatic rings. The van der Waals surface area contributed by atoms with Crippen molar-refractivity contribution in [1.29, 1.82) is 0 Å². The maximum Gasteiger partial charge on any atom is 0.243 e. The monoisotopic (exact) mass is 476 g/mol. The van der Waals surface area contributed by atoms with E-state index < -0.39 is 11.6 Å². The predicted molar refractivity (Wildman–Crippen MR) is 133 cm³/mol. The summed E-state index contributed by atoms with van der Waals surface area (Å²) >= 11 is 12.4. The summed E-state index contributed by atoms with van der Waals surface area (Å²) in [7, 11) is 0. The Morgan fingerprint density at radius 2 is 1.62 bits per heavy atom. The molecule has 0 radical (unpaired) electrons. The van der Waals surface area contributed by atoms with Crippen molar-refractivity contribution in [3.63, 3.8) is 0 Å². The molecule has 0 aliphatic carbocycles. The van der Waals surface area contributed by atoms with E-state index in [1.165, 1.54) is 5.56 Å². The van der Waals surface area contributed by atoms with Crippen molar-refractivity contribution >= 4 is 35.0 Å². The minimum Gasteiger partial charge on any atom is -0.350 e. The highest BCUT2D eigenvalue weighted by atomic mass is 35.5. The average Bonchev–Trinajstić information content (AvgIpc) is 2.72. The lowest BCUT2D eigenvalue weighted by Gasteiger charge is -2.33. The fraction of sp³-hybridized carbons (Fsp3) is 0.462. The van der Waals surface area contributed by atoms with E-state index >= 15 is 0 Å². The Hall–Kier alpha value is -2.04. The van der Waals surface area contributed by atoms with Crippen LogP contribution in [0, 0.1) is 0 Å². The fourth-order valence-electron chi connectivity index (χ4n) is 3.54. The highest BCUT2D eigenvalue weighted by Gasteiger charge is 2.30. The summed E-state index contributed by atoms with van der Waals surface area (Å²) in [6, 6.07) is 12.9. The van der Waals surface area contributed by atoms with Crippen LogP contribution in [0.1, 0.15) is 64.2 Å². The predicted octanol–water partition coefficient (Wildman–Crippen LogP) is 6.21. The topological polar surface area (TPSA) is 49.4 Å². The number of halogens is 2. The van der Waals surface area contributed by atoms with Gasteiger partial charge in [0.25, 0.3) is 0 Å². The minimum absolute atomic E-state index is 0.0773. The van der Waals surface area contributed by atoms with Gasteiger partial charge in [0, 0.05) is 28.5 Å². The Kier molecular flexibility index (Phi) is 9.60. The molecular formula is C26H34Cl2N2O2. The second kappa shape index (κ2) is 11.7. The van der Waals surface area contributed by atoms with Crippen molar-refractivity contribution in [3.05, 3.63) is 69.2 Å². The van der Waals surface area contributed by atoms with Gasteiger partial charge < -0.3 is 10.2 Å². The van der Waals surface area contributed by atoms with Crippen LogP contribution in [0.25, 0.3) is 0 Å². The highest BCUT2D eigenvalue weighted by molar-refractivity contribution is 6.35. The van der Waals surface area contributed by atoms with E-state index in [1.54, 1.807) is 17.0 Å². The summed E-state index contributed by atoms with van der Waals surface area (Å²) in [6.07, 6.45) is 2.42. The van der Waals surface area contributed by atoms with Gasteiger partial charge in [0.05, 0.1) is 0 Å². The van der Waals surface area contributed by atoms with Crippen LogP contribution in [0.15, 0.2) is 42.5 Å². The first-order valence-corrected chi connectivity index (χ1v) is 11.9. The zero-order chi connectivity index (χ0) is 23.9. The van der Waals surface area contributed by atoms with Crippen LogP contribution in [-0.2, 0) is 29.0 Å². The third kappa shape index (κ3) is 7.83. The highest BCUT2D eigenvalue weighted by Crippen LogP contribution is 2.24. The van der Waals surface area contributed by atoms with Crippen molar-refractivity contribution in [2.75, 3.05) is 0 Å². The van der Waals surface area contributed by atoms with Gasteiger partial charge >= 0.3 is 0 Å². The molecule has 4 nitrogen and oxygen atoms in total. The van der Waals surface area contributed by atoms with Gasteiger partial charge in [-0.3, -0.25) is 9.59 Å². The molecule has 0 saturated carbocycles. The van der Waals surface area contributed by atoms with Gasteiger partial charge in [0.1, 0.15) is 6.04 Å². The van der Waals surface area contributed by atoms with E-state index in [2.05, 4.69) is 36.5 Å². The standard InChI is InChI=1S/C26H34Cl2N2O2/c1-6-18-8-10-19(11-9-18)12-15-24(31)30(17-20-13-14-21(27)16-22(20)28)23(7-2)25(32)29-26(3,4)5/h8-11,13-14,16,23H,6-7,12,15,17H2,1-5H3,(H,29,32). The number of rotatable bonds is 9. The van der Waals surface area contributed by atoms with E-state index in [9.17, 15) is 9.59 Å². The van der Waals surface area contributed by atoms with Crippen molar-refractivity contribution in [2.45, 2.75) is 78.4 Å². The van der Waals surface area contributed by atoms with E-state index in [0.29, 0.717) is 29.3 Å². The molecule has 2 rings (SSSR count). The van der Waals surface area contributed by atoms with Gasteiger partial charge in [0.15, 0.2) is 0 Å². The number of carbonyl (C=O) groups excluding carboxylic acids is 2. The number of hydrogen-bond acceptors (Lipinski definition) is 2. The van der Waals surface area contributed by atoms with Crippen molar-refractivity contribution in [3.8, 4) is 0 Å². The quantitative estimate of drug-likeness (QED) is 0.467. The van der Waals surface area contributed by atoms with Gasteiger partial charge in [-0.25, -0.2) is 0 Å². The molecule has 0 aromatic heterocycles. The number of amides is 2. The Labute approximate surface area is 202 Å². The van der Waals surface area contributed by atoms with E-state index in [-0.39, 0.29) is 18.4 Å². The molecule has 32 heavy (non-hydrogen) atoms. The zero-order valence-corrected chi connectivity index (χ0v) is 21.2. The molecule has 1 unspecified atom stereocenters. The van der Waals surface area contributed by atoms with Gasteiger partial charge in [-0.2, -0.15) is 0 Å². The largest absolute Gasteiger partial charge is 0.350 e. The second-order valence-electron chi connectivity index (χ2n) is 9.09. The summed E-state index contributed by atoms with van der Waals surface area (Å²) in [5.41, 5.74) is 2.74. The van der Waals surface area contributed by atoms with Gasteiger partial charge in [-0.1, -0.05) is 67.4 Å². The lowest BCUT2D eigenvalue weighted by molar-refractivity contribution is -0.142. The molecule has 2 aromatic carbocycles. The van der Waals surface area contributed by atoms with Crippen LogP contribution in [0.5, 0.6) is 0 Å². The van der Waals surface area contributed by atoms with Gasteiger partial charge in [0.2, 0.25) is 11.8 Å². The molecule has 6 heteroatoms. The van der Waals surface area contributed by atoms with Crippen molar-refractivity contribution in [1.82, 2.24) is 10.2 Å². The number of benzene rings is 2. The Morgan fingerprint density at radius 1 is 1.00 bits per heavy atom. The number of aryl methyl sites for hydroxylation is 2. The van der Waals surface area contributed by atoms with Crippen molar-refractivity contribution < 1.29 is 9.59 Å². The molecule has 2 amide bonds. The Morgan fingerprint density at radius 3 is 2.16 bits per heavy atom. The van der Waals surface area contributed by atoms with Crippen LogP contribution in [-0.4, -0.2) is 28.3 Å². The maximum atomic E-state index is 13.4. The molecule has 0 bridgehead atoms. The molecule has 0 aliphatic rings. The summed E-state index contributed by atoms with van der Waals surface area (Å²) in [4.78, 5) is 28.1. The third-order valence-electron chi connectivity index (χ3n) is 5.30. The fourth-order valence-corrected chi connectivity index (χ4v) is 4.01. The molecule has 0 fully saturated rings. The van der Waals surface area contributed by atoms with Crippen LogP contribution < -0.4 is 5.32 Å². The minimum atomic E-state index is -0.587. The number of carbonyl (C=O) groups is 2. The van der Waals surface area contributed by atoms with Gasteiger partial charge in [-0.15, -0.1) is 0 Å². The molecule has 0 heterocycles. The molecule has 1 N–H and O–H groups in total. The first-order valence-electron chi connectivity index (χ1n) is 11.2. The molecular weight excluding hydrogens is 443 g/mol. The molecule has 0 saturated heterocycles. The Balaban J connectivity index is 2.25. The van der Waals surface area contributed by atoms with Crippen LogP contribution >= 0.6 is 23.2 Å². The van der Waals surface area contributed by atoms with E-state index in [1.807, 2.05) is 33.8 Å². The number of nitrogens with zero attached hydrogens (tertiary/aromatic N) is 1. The zero-order valence-electron chi connectivity index (χ0n) is 19.7. The number of hydrogen-bond donors (Lipinski definition) is 1. The first kappa shape index (κ1) is 26.2. The summed E-state index contributed by atoms with van der Waals surface area (Å²) < 4.78 is 0. The van der Waals surface area contributed by atoms with Crippen LogP contribution in [0.2, 0.25) is 10.0 Å². The smallest absolute Gasteiger partial charge is 0.243 e. The summed E-state index contributed by atoms with van der Waals surface area (Å²) in [6.45, 7) is 10.1. The van der Waals surface area contributed by atoms with Gasteiger partial charge in [-0.05, 0) is 68.9 Å². The van der Waals surface area contributed by atoms with Crippen LogP contribution in [0.3, 0.4) is 0 Å². The average molecular weight is 477 g/mol. The SMILES string of the molecule is CCc1ccc(CCC(=O)N(Cc2ccc(Cl)cc2Cl)C(CC)C(=O)NC(C)(C)C)cc1. The lowest BCUT2D eigenvalue weighted by atomic mass is 10.0. The normalized spacial score (nSPS) is 12.3. The summed E-state index contributed by atoms with van der Waals surface area (Å²) in [5, 5.41) is 4.03. The Bertz CT molecular complexity index is 920. The molecule has 174 valence electrons. The third-order valence-corrected chi connectivity index (χ3v) is 5.89.